The van der Waals surface area contributed by atoms with Crippen molar-refractivity contribution in [2.45, 2.75) is 13.5 Å². The molecule has 6 heteroatoms. The monoisotopic (exact) mass is 261 g/mol. The van der Waals surface area contributed by atoms with Crippen molar-refractivity contribution in [3.8, 4) is 5.69 Å². The third kappa shape index (κ3) is 2.24. The first kappa shape index (κ1) is 12.9. The second-order valence-corrected chi connectivity index (χ2v) is 3.83. The molecule has 0 spiro atoms. The molecule has 0 saturated heterocycles. The molecule has 0 aliphatic carbocycles. The Morgan fingerprint density at radius 2 is 1.84 bits per heavy atom. The van der Waals surface area contributed by atoms with Crippen molar-refractivity contribution in [3.63, 3.8) is 0 Å². The van der Waals surface area contributed by atoms with Crippen LogP contribution in [0.4, 0.5) is 4.39 Å². The van der Waals surface area contributed by atoms with Gasteiger partial charge in [0.05, 0.1) is 5.69 Å². The highest BCUT2D eigenvalue weighted by Gasteiger charge is 2.12. The Morgan fingerprint density at radius 3 is 2.37 bits per heavy atom. The Bertz CT molecular complexity index is 729. The van der Waals surface area contributed by atoms with Gasteiger partial charge in [-0.05, 0) is 31.2 Å². The van der Waals surface area contributed by atoms with Crippen LogP contribution in [-0.2, 0) is 11.3 Å². The maximum absolute atomic E-state index is 12.9. The predicted octanol–water partition coefficient (Wildman–Crippen LogP) is 0.616. The van der Waals surface area contributed by atoms with E-state index in [1.54, 1.807) is 6.92 Å². The van der Waals surface area contributed by atoms with E-state index in [0.717, 1.165) is 22.9 Å². The molecule has 1 aromatic carbocycles. The van der Waals surface area contributed by atoms with Crippen molar-refractivity contribution in [1.82, 2.24) is 9.13 Å². The minimum Gasteiger partial charge on any atom is -0.300 e. The number of benzene rings is 1. The molecule has 0 fully saturated rings. The summed E-state index contributed by atoms with van der Waals surface area (Å²) in [7, 11) is 0. The Kier molecular flexibility index (Phi) is 3.41. The zero-order chi connectivity index (χ0) is 14.0. The van der Waals surface area contributed by atoms with Crippen molar-refractivity contribution in [2.75, 3.05) is 0 Å². The van der Waals surface area contributed by atoms with Crippen LogP contribution in [0.1, 0.15) is 12.5 Å². The fourth-order valence-corrected chi connectivity index (χ4v) is 1.72. The van der Waals surface area contributed by atoms with Crippen LogP contribution in [0, 0.1) is 5.82 Å². The smallest absolute Gasteiger partial charge is 0.300 e. The van der Waals surface area contributed by atoms with E-state index >= 15 is 0 Å². The van der Waals surface area contributed by atoms with E-state index in [4.69, 9.17) is 0 Å². The van der Waals surface area contributed by atoms with Gasteiger partial charge in [0.2, 0.25) is 6.29 Å². The van der Waals surface area contributed by atoms with Gasteiger partial charge < -0.3 is 0 Å². The number of halogens is 1. The summed E-state index contributed by atoms with van der Waals surface area (Å²) in [6, 6.07) is 4.86. The molecule has 1 radical (unpaired) electrons. The van der Waals surface area contributed by atoms with Gasteiger partial charge in [-0.15, -0.1) is 0 Å². The molecule has 5 nitrogen and oxygen atoms in total. The molecule has 2 aromatic rings. The van der Waals surface area contributed by atoms with Gasteiger partial charge in [0.15, 0.2) is 0 Å². The normalized spacial score (nSPS) is 10.4. The van der Waals surface area contributed by atoms with E-state index in [9.17, 15) is 18.8 Å². The summed E-state index contributed by atoms with van der Waals surface area (Å²) in [6.45, 7) is 2.00. The molecule has 97 valence electrons. The quantitative estimate of drug-likeness (QED) is 0.813. The molecule has 0 saturated carbocycles. The van der Waals surface area contributed by atoms with E-state index in [1.165, 1.54) is 23.0 Å². The lowest BCUT2D eigenvalue weighted by atomic mass is 10.3. The maximum atomic E-state index is 12.9. The second-order valence-electron chi connectivity index (χ2n) is 3.83. The number of aryl methyl sites for hydroxylation is 1. The summed E-state index contributed by atoms with van der Waals surface area (Å²) < 4.78 is 14.9. The molecule has 1 aromatic heterocycles. The van der Waals surface area contributed by atoms with Crippen LogP contribution in [0.15, 0.2) is 40.1 Å². The molecular formula is C13H10FN2O3. The average molecular weight is 261 g/mol. The largest absolute Gasteiger partial charge is 0.335 e. The highest BCUT2D eigenvalue weighted by molar-refractivity contribution is 5.74. The third-order valence-electron chi connectivity index (χ3n) is 2.69. The van der Waals surface area contributed by atoms with Crippen molar-refractivity contribution >= 4 is 6.29 Å². The van der Waals surface area contributed by atoms with Crippen LogP contribution >= 0.6 is 0 Å². The van der Waals surface area contributed by atoms with Crippen molar-refractivity contribution in [2.24, 2.45) is 0 Å². The van der Waals surface area contributed by atoms with E-state index in [-0.39, 0.29) is 11.3 Å². The number of hydrogen-bond acceptors (Lipinski definition) is 3. The first-order chi connectivity index (χ1) is 9.08. The van der Waals surface area contributed by atoms with Gasteiger partial charge in [-0.1, -0.05) is 0 Å². The molecule has 0 N–H and O–H groups in total. The fraction of sp³-hybridized carbons (Fsp3) is 0.154. The van der Waals surface area contributed by atoms with Crippen LogP contribution in [-0.4, -0.2) is 15.4 Å². The van der Waals surface area contributed by atoms with Gasteiger partial charge in [0, 0.05) is 12.7 Å². The van der Waals surface area contributed by atoms with Gasteiger partial charge >= 0.3 is 5.69 Å². The minimum absolute atomic E-state index is 0.204. The van der Waals surface area contributed by atoms with Gasteiger partial charge in [-0.3, -0.25) is 14.2 Å². The number of nitrogens with zero attached hydrogens (tertiary/aromatic N) is 2. The van der Waals surface area contributed by atoms with E-state index in [1.807, 2.05) is 0 Å². The van der Waals surface area contributed by atoms with Crippen LogP contribution in [0.25, 0.3) is 5.69 Å². The van der Waals surface area contributed by atoms with Gasteiger partial charge in [-0.2, -0.15) is 0 Å². The van der Waals surface area contributed by atoms with Gasteiger partial charge in [0.1, 0.15) is 11.4 Å². The first-order valence-corrected chi connectivity index (χ1v) is 5.59. The molecule has 0 amide bonds. The topological polar surface area (TPSA) is 61.1 Å². The third-order valence-corrected chi connectivity index (χ3v) is 2.69. The van der Waals surface area contributed by atoms with Crippen LogP contribution < -0.4 is 11.2 Å². The van der Waals surface area contributed by atoms with Crippen LogP contribution in [0.2, 0.25) is 0 Å². The Labute approximate surface area is 107 Å². The average Bonchev–Trinajstić information content (AvgIpc) is 2.41. The van der Waals surface area contributed by atoms with Gasteiger partial charge in [0.25, 0.3) is 5.56 Å². The summed E-state index contributed by atoms with van der Waals surface area (Å²) in [5.41, 5.74) is -1.39. The minimum atomic E-state index is -0.767. The van der Waals surface area contributed by atoms with E-state index < -0.39 is 17.1 Å². The maximum Gasteiger partial charge on any atom is 0.335 e. The fourth-order valence-electron chi connectivity index (χ4n) is 1.72. The molecule has 0 atom stereocenters. The molecular weight excluding hydrogens is 251 g/mol. The lowest BCUT2D eigenvalue weighted by molar-refractivity contribution is 0.559. The highest BCUT2D eigenvalue weighted by atomic mass is 19.1. The standard InChI is InChI=1S/C13H10FN2O3/c1-2-15-7-9(8-17)12(18)16(13(15)19)11-5-3-10(14)4-6-11/h3-7H,2H2,1H3. The van der Waals surface area contributed by atoms with Crippen molar-refractivity contribution in [1.29, 1.82) is 0 Å². The molecule has 0 unspecified atom stereocenters. The number of rotatable bonds is 3. The highest BCUT2D eigenvalue weighted by Crippen LogP contribution is 2.05. The summed E-state index contributed by atoms with van der Waals surface area (Å²) in [4.78, 5) is 34.8. The van der Waals surface area contributed by atoms with E-state index in [0.29, 0.717) is 6.54 Å². The van der Waals surface area contributed by atoms with Crippen LogP contribution in [0.3, 0.4) is 0 Å². The summed E-state index contributed by atoms with van der Waals surface area (Å²) in [6.07, 6.45) is 2.67. The van der Waals surface area contributed by atoms with Crippen LogP contribution in [0.5, 0.6) is 0 Å². The SMILES string of the molecule is CCn1cc([C]=O)c(=O)n(-c2ccc(F)cc2)c1=O. The second kappa shape index (κ2) is 5.01. The number of carbonyl (C=O) groups excluding carboxylic acids is 1. The molecule has 0 bridgehead atoms. The summed E-state index contributed by atoms with van der Waals surface area (Å²) >= 11 is 0. The summed E-state index contributed by atoms with van der Waals surface area (Å²) in [5, 5.41) is 0. The lowest BCUT2D eigenvalue weighted by Crippen LogP contribution is -2.40. The lowest BCUT2D eigenvalue weighted by Gasteiger charge is -2.09. The van der Waals surface area contributed by atoms with E-state index in [2.05, 4.69) is 0 Å². The molecule has 1 heterocycles. The van der Waals surface area contributed by atoms with Crippen molar-refractivity contribution in [3.05, 3.63) is 62.7 Å². The molecule has 2 rings (SSSR count). The Balaban J connectivity index is 2.82. The molecule has 0 aliphatic heterocycles. The zero-order valence-corrected chi connectivity index (χ0v) is 10.1. The zero-order valence-electron chi connectivity index (χ0n) is 10.1. The molecule has 0 aliphatic rings. The number of aromatic nitrogens is 2. The number of hydrogen-bond donors (Lipinski definition) is 0. The summed E-state index contributed by atoms with van der Waals surface area (Å²) in [5.74, 6) is -0.481. The predicted molar refractivity (Wildman–Crippen MR) is 66.7 cm³/mol. The first-order valence-electron chi connectivity index (χ1n) is 5.59. The molecule has 19 heavy (non-hydrogen) atoms. The Morgan fingerprint density at radius 1 is 1.21 bits per heavy atom. The van der Waals surface area contributed by atoms with Crippen molar-refractivity contribution < 1.29 is 9.18 Å². The van der Waals surface area contributed by atoms with Gasteiger partial charge in [-0.25, -0.2) is 13.8 Å². The Hall–Kier alpha value is -2.50.